The van der Waals surface area contributed by atoms with Crippen LogP contribution in [-0.2, 0) is 9.53 Å². The van der Waals surface area contributed by atoms with Gasteiger partial charge >= 0.3 is 0 Å². The number of carbonyl (C=O) groups is 1. The van der Waals surface area contributed by atoms with Crippen LogP contribution >= 0.6 is 11.6 Å². The van der Waals surface area contributed by atoms with Crippen molar-refractivity contribution in [2.75, 3.05) is 50.8 Å². The van der Waals surface area contributed by atoms with Crippen LogP contribution in [0.5, 0.6) is 0 Å². The summed E-state index contributed by atoms with van der Waals surface area (Å²) in [6.07, 6.45) is 1.97. The summed E-state index contributed by atoms with van der Waals surface area (Å²) >= 11 is 6.00. The molecule has 5 nitrogen and oxygen atoms in total. The van der Waals surface area contributed by atoms with Crippen LogP contribution in [0.2, 0.25) is 5.02 Å². The zero-order valence-electron chi connectivity index (χ0n) is 13.3. The van der Waals surface area contributed by atoms with Crippen molar-refractivity contribution in [3.8, 4) is 0 Å². The summed E-state index contributed by atoms with van der Waals surface area (Å²) in [5.74, 6) is 0.168. The smallest absolute Gasteiger partial charge is 0.241 e. The lowest BCUT2D eigenvalue weighted by Crippen LogP contribution is -2.51. The third kappa shape index (κ3) is 4.44. The number of anilines is 1. The van der Waals surface area contributed by atoms with E-state index < -0.39 is 0 Å². The van der Waals surface area contributed by atoms with Gasteiger partial charge in [0.1, 0.15) is 0 Å². The topological polar surface area (TPSA) is 44.8 Å². The van der Waals surface area contributed by atoms with E-state index in [1.54, 1.807) is 0 Å². The minimum absolute atomic E-state index is 0.168. The Kier molecular flexibility index (Phi) is 5.89. The summed E-state index contributed by atoms with van der Waals surface area (Å²) in [5.41, 5.74) is 0.944. The molecule has 3 rings (SSSR count). The number of hydrogen-bond donors (Lipinski definition) is 1. The molecule has 2 heterocycles. The van der Waals surface area contributed by atoms with Gasteiger partial charge in [0.25, 0.3) is 0 Å². The summed E-state index contributed by atoms with van der Waals surface area (Å²) in [6.45, 7) is 5.44. The molecular formula is C17H24ClN3O2. The zero-order chi connectivity index (χ0) is 16.1. The maximum Gasteiger partial charge on any atom is 0.241 e. The van der Waals surface area contributed by atoms with Gasteiger partial charge in [-0.3, -0.25) is 9.69 Å². The quantitative estimate of drug-likeness (QED) is 0.909. The molecule has 0 bridgehead atoms. The molecule has 0 saturated carbocycles. The number of halogens is 1. The molecule has 2 aliphatic rings. The molecule has 1 N–H and O–H groups in total. The number of rotatable bonds is 4. The fourth-order valence-corrected chi connectivity index (χ4v) is 3.38. The van der Waals surface area contributed by atoms with Gasteiger partial charge in [0.2, 0.25) is 5.91 Å². The van der Waals surface area contributed by atoms with Crippen molar-refractivity contribution < 1.29 is 9.53 Å². The highest BCUT2D eigenvalue weighted by atomic mass is 35.5. The fraction of sp³-hybridized carbons (Fsp3) is 0.588. The first-order chi connectivity index (χ1) is 11.2. The van der Waals surface area contributed by atoms with Crippen molar-refractivity contribution in [2.24, 2.45) is 0 Å². The number of hydrogen-bond acceptors (Lipinski definition) is 4. The van der Waals surface area contributed by atoms with Crippen LogP contribution in [0.25, 0.3) is 0 Å². The molecule has 126 valence electrons. The van der Waals surface area contributed by atoms with Crippen molar-refractivity contribution >= 4 is 23.2 Å². The van der Waals surface area contributed by atoms with E-state index in [1.165, 1.54) is 0 Å². The van der Waals surface area contributed by atoms with E-state index >= 15 is 0 Å². The van der Waals surface area contributed by atoms with Crippen LogP contribution in [0.15, 0.2) is 24.3 Å². The Bertz CT molecular complexity index is 511. The lowest BCUT2D eigenvalue weighted by atomic mass is 10.0. The largest absolute Gasteiger partial charge is 0.379 e. The molecule has 1 aromatic carbocycles. The van der Waals surface area contributed by atoms with Crippen molar-refractivity contribution in [3.63, 3.8) is 0 Å². The van der Waals surface area contributed by atoms with E-state index in [4.69, 9.17) is 16.3 Å². The number of morpholine rings is 1. The zero-order valence-corrected chi connectivity index (χ0v) is 14.1. The van der Waals surface area contributed by atoms with E-state index in [-0.39, 0.29) is 11.9 Å². The molecule has 0 atom stereocenters. The van der Waals surface area contributed by atoms with Gasteiger partial charge in [0.05, 0.1) is 19.8 Å². The number of nitrogens with zero attached hydrogens (tertiary/aromatic N) is 2. The van der Waals surface area contributed by atoms with Gasteiger partial charge in [0, 0.05) is 29.8 Å². The average Bonchev–Trinajstić information content (AvgIpc) is 2.59. The number of nitrogens with one attached hydrogen (secondary N) is 1. The molecule has 2 fully saturated rings. The second-order valence-corrected chi connectivity index (χ2v) is 6.55. The van der Waals surface area contributed by atoms with Gasteiger partial charge < -0.3 is 15.0 Å². The van der Waals surface area contributed by atoms with Gasteiger partial charge in [-0.1, -0.05) is 11.6 Å². The van der Waals surface area contributed by atoms with Gasteiger partial charge in [-0.2, -0.15) is 0 Å². The maximum absolute atomic E-state index is 13.0. The first-order valence-corrected chi connectivity index (χ1v) is 8.70. The summed E-state index contributed by atoms with van der Waals surface area (Å²) in [6, 6.07) is 7.86. The SMILES string of the molecule is O=C(CN1CCOCC1)N(c1ccc(Cl)cc1)C1CCNCC1. The average molecular weight is 338 g/mol. The monoisotopic (exact) mass is 337 g/mol. The highest BCUT2D eigenvalue weighted by Gasteiger charge is 2.28. The molecule has 1 aromatic rings. The molecule has 6 heteroatoms. The summed E-state index contributed by atoms with van der Waals surface area (Å²) < 4.78 is 5.37. The minimum atomic E-state index is 0.168. The van der Waals surface area contributed by atoms with Crippen LogP contribution in [0.3, 0.4) is 0 Å². The van der Waals surface area contributed by atoms with Crippen LogP contribution in [0.1, 0.15) is 12.8 Å². The Morgan fingerprint density at radius 2 is 1.87 bits per heavy atom. The van der Waals surface area contributed by atoms with Crippen molar-refractivity contribution in [2.45, 2.75) is 18.9 Å². The Morgan fingerprint density at radius 3 is 2.52 bits per heavy atom. The van der Waals surface area contributed by atoms with Gasteiger partial charge in [-0.05, 0) is 50.2 Å². The van der Waals surface area contributed by atoms with E-state index in [1.807, 2.05) is 29.2 Å². The Morgan fingerprint density at radius 1 is 1.22 bits per heavy atom. The van der Waals surface area contributed by atoms with Crippen LogP contribution in [0.4, 0.5) is 5.69 Å². The van der Waals surface area contributed by atoms with E-state index in [0.29, 0.717) is 24.8 Å². The standard InChI is InChI=1S/C17H24ClN3O2/c18-14-1-3-15(4-2-14)21(16-5-7-19-8-6-16)17(22)13-20-9-11-23-12-10-20/h1-4,16,19H,5-13H2. The summed E-state index contributed by atoms with van der Waals surface area (Å²) in [5, 5.41) is 4.06. The lowest BCUT2D eigenvalue weighted by molar-refractivity contribution is -0.121. The van der Waals surface area contributed by atoms with Gasteiger partial charge in [-0.15, -0.1) is 0 Å². The molecule has 2 saturated heterocycles. The first-order valence-electron chi connectivity index (χ1n) is 8.32. The van der Waals surface area contributed by atoms with E-state index in [9.17, 15) is 4.79 Å². The summed E-state index contributed by atoms with van der Waals surface area (Å²) in [4.78, 5) is 17.1. The van der Waals surface area contributed by atoms with Crippen LogP contribution in [-0.4, -0.2) is 62.8 Å². The van der Waals surface area contributed by atoms with Crippen LogP contribution in [0, 0.1) is 0 Å². The third-order valence-corrected chi connectivity index (χ3v) is 4.76. The second-order valence-electron chi connectivity index (χ2n) is 6.11. The Hall–Kier alpha value is -1.14. The van der Waals surface area contributed by atoms with E-state index in [2.05, 4.69) is 10.2 Å². The number of piperidine rings is 1. The van der Waals surface area contributed by atoms with Crippen molar-refractivity contribution in [3.05, 3.63) is 29.3 Å². The molecule has 1 amide bonds. The molecule has 0 radical (unpaired) electrons. The molecule has 0 unspecified atom stereocenters. The van der Waals surface area contributed by atoms with Crippen LogP contribution < -0.4 is 10.2 Å². The second kappa shape index (κ2) is 8.11. The Labute approximate surface area is 142 Å². The Balaban J connectivity index is 1.75. The number of benzene rings is 1. The van der Waals surface area contributed by atoms with E-state index in [0.717, 1.165) is 44.7 Å². The van der Waals surface area contributed by atoms with Crippen molar-refractivity contribution in [1.29, 1.82) is 0 Å². The molecule has 2 aliphatic heterocycles. The lowest BCUT2D eigenvalue weighted by Gasteiger charge is -2.36. The normalized spacial score (nSPS) is 20.4. The molecule has 0 aliphatic carbocycles. The number of carbonyl (C=O) groups excluding carboxylic acids is 1. The number of amides is 1. The third-order valence-electron chi connectivity index (χ3n) is 4.51. The first kappa shape index (κ1) is 16.7. The molecule has 0 aromatic heterocycles. The van der Waals surface area contributed by atoms with Gasteiger partial charge in [-0.25, -0.2) is 0 Å². The molecule has 0 spiro atoms. The maximum atomic E-state index is 13.0. The fourth-order valence-electron chi connectivity index (χ4n) is 3.25. The predicted molar refractivity (Wildman–Crippen MR) is 92.1 cm³/mol. The predicted octanol–water partition coefficient (Wildman–Crippen LogP) is 1.76. The highest BCUT2D eigenvalue weighted by Crippen LogP contribution is 2.24. The molecular weight excluding hydrogens is 314 g/mol. The molecule has 23 heavy (non-hydrogen) atoms. The van der Waals surface area contributed by atoms with Crippen molar-refractivity contribution in [1.82, 2.24) is 10.2 Å². The minimum Gasteiger partial charge on any atom is -0.379 e. The van der Waals surface area contributed by atoms with Gasteiger partial charge in [0.15, 0.2) is 0 Å². The number of ether oxygens (including phenoxy) is 1. The summed E-state index contributed by atoms with van der Waals surface area (Å²) in [7, 11) is 0. The highest BCUT2D eigenvalue weighted by molar-refractivity contribution is 6.30.